The van der Waals surface area contributed by atoms with Crippen molar-refractivity contribution in [2.24, 2.45) is 11.8 Å². The maximum Gasteiger partial charge on any atom is 0.423 e. The van der Waals surface area contributed by atoms with Crippen molar-refractivity contribution in [1.82, 2.24) is 10.6 Å². The van der Waals surface area contributed by atoms with Crippen LogP contribution in [-0.4, -0.2) is 66.8 Å². The molecule has 0 rings (SSSR count). The molecule has 0 fully saturated rings. The Balaban J connectivity index is 5.44. The third kappa shape index (κ3) is 13.6. The standard InChI is InChI=1S/C22H34F6N2O6/c1-12(2)14(10-13(3)31)17(33)30-15(8-7-9-29-19(34)36-20(4,5)6)16(32)11-35-18(21(23,24)25)22(26,27)28/h12,14-15,18H,7-11H2,1-6H3,(H,29,34)(H,30,33)/t14-,15-/m0/s1. The molecule has 0 unspecified atom stereocenters. The van der Waals surface area contributed by atoms with E-state index in [9.17, 15) is 45.5 Å². The van der Waals surface area contributed by atoms with Crippen molar-refractivity contribution in [3.05, 3.63) is 0 Å². The van der Waals surface area contributed by atoms with E-state index >= 15 is 0 Å². The first kappa shape index (κ1) is 33.6. The van der Waals surface area contributed by atoms with Gasteiger partial charge in [-0.25, -0.2) is 4.79 Å². The van der Waals surface area contributed by atoms with Gasteiger partial charge in [-0.1, -0.05) is 13.8 Å². The number of alkyl carbamates (subject to hydrolysis) is 1. The largest absolute Gasteiger partial charge is 0.444 e. The van der Waals surface area contributed by atoms with Gasteiger partial charge in [0.15, 0.2) is 5.78 Å². The van der Waals surface area contributed by atoms with Crippen LogP contribution in [0, 0.1) is 11.8 Å². The van der Waals surface area contributed by atoms with E-state index < -0.39 is 60.4 Å². The fraction of sp³-hybridized carbons (Fsp3) is 0.818. The maximum absolute atomic E-state index is 12.7. The smallest absolute Gasteiger partial charge is 0.423 e. The predicted molar refractivity (Wildman–Crippen MR) is 116 cm³/mol. The Morgan fingerprint density at radius 3 is 1.86 bits per heavy atom. The van der Waals surface area contributed by atoms with Crippen LogP contribution in [-0.2, 0) is 23.9 Å². The number of hydrogen-bond donors (Lipinski definition) is 2. The zero-order valence-electron chi connectivity index (χ0n) is 21.1. The van der Waals surface area contributed by atoms with E-state index in [0.29, 0.717) is 0 Å². The molecule has 0 radical (unpaired) electrons. The summed E-state index contributed by atoms with van der Waals surface area (Å²) in [5, 5.41) is 4.69. The number of ketones is 2. The SMILES string of the molecule is CC(=O)C[C@H](C(=O)N[C@@H](CCCNC(=O)OC(C)(C)C)C(=O)COC(C(F)(F)F)C(F)(F)F)C(C)C. The molecule has 0 aromatic heterocycles. The molecule has 8 nitrogen and oxygen atoms in total. The van der Waals surface area contributed by atoms with Gasteiger partial charge in [-0.15, -0.1) is 0 Å². The van der Waals surface area contributed by atoms with Gasteiger partial charge in [0, 0.05) is 18.9 Å². The van der Waals surface area contributed by atoms with Crippen LogP contribution in [0.3, 0.4) is 0 Å². The molecule has 2 atom stereocenters. The number of alkyl halides is 6. The van der Waals surface area contributed by atoms with E-state index in [0.717, 1.165) is 0 Å². The van der Waals surface area contributed by atoms with E-state index in [1.54, 1.807) is 34.6 Å². The summed E-state index contributed by atoms with van der Waals surface area (Å²) in [5.74, 6) is -3.55. The molecule has 0 aliphatic heterocycles. The molecule has 0 spiro atoms. The van der Waals surface area contributed by atoms with Gasteiger partial charge in [-0.2, -0.15) is 26.3 Å². The van der Waals surface area contributed by atoms with Crippen molar-refractivity contribution in [1.29, 1.82) is 0 Å². The molecule has 0 saturated carbocycles. The number of nitrogens with one attached hydrogen (secondary N) is 2. The lowest BCUT2D eigenvalue weighted by molar-refractivity contribution is -0.319. The topological polar surface area (TPSA) is 111 Å². The molecule has 0 saturated heterocycles. The van der Waals surface area contributed by atoms with Crippen LogP contribution in [0.2, 0.25) is 0 Å². The number of rotatable bonds is 13. The first-order chi connectivity index (χ1) is 16.1. The fourth-order valence-electron chi connectivity index (χ4n) is 2.98. The van der Waals surface area contributed by atoms with Gasteiger partial charge in [0.1, 0.15) is 18.0 Å². The molecule has 2 amide bonds. The Morgan fingerprint density at radius 2 is 1.44 bits per heavy atom. The normalized spacial score (nSPS) is 14.4. The highest BCUT2D eigenvalue weighted by molar-refractivity contribution is 5.92. The lowest BCUT2D eigenvalue weighted by atomic mass is 9.89. The van der Waals surface area contributed by atoms with E-state index in [1.807, 2.05) is 0 Å². The van der Waals surface area contributed by atoms with Gasteiger partial charge in [-0.3, -0.25) is 9.59 Å². The molecule has 2 N–H and O–H groups in total. The van der Waals surface area contributed by atoms with Gasteiger partial charge in [-0.05, 0) is 46.5 Å². The molecule has 0 aliphatic carbocycles. The van der Waals surface area contributed by atoms with Crippen molar-refractivity contribution >= 4 is 23.6 Å². The lowest BCUT2D eigenvalue weighted by Crippen LogP contribution is -2.49. The second-order valence-electron chi connectivity index (χ2n) is 9.63. The molecule has 0 heterocycles. The molecular weight excluding hydrogens is 502 g/mol. The van der Waals surface area contributed by atoms with Crippen molar-refractivity contribution in [2.45, 2.75) is 90.9 Å². The third-order valence-electron chi connectivity index (χ3n) is 4.68. The maximum atomic E-state index is 12.7. The summed E-state index contributed by atoms with van der Waals surface area (Å²) in [7, 11) is 0. The second kappa shape index (κ2) is 13.8. The number of carbonyl (C=O) groups is 4. The molecule has 0 bridgehead atoms. The molecule has 0 aromatic carbocycles. The van der Waals surface area contributed by atoms with E-state index in [-0.39, 0.29) is 37.5 Å². The summed E-state index contributed by atoms with van der Waals surface area (Å²) in [6, 6.07) is -1.52. The Morgan fingerprint density at radius 1 is 0.917 bits per heavy atom. The quantitative estimate of drug-likeness (QED) is 0.271. The number of halogens is 6. The number of amides is 2. The highest BCUT2D eigenvalue weighted by Gasteiger charge is 2.58. The Kier molecular flexibility index (Phi) is 12.9. The van der Waals surface area contributed by atoms with Crippen LogP contribution in [0.1, 0.15) is 60.8 Å². The van der Waals surface area contributed by atoms with Crippen LogP contribution in [0.15, 0.2) is 0 Å². The fourth-order valence-corrected chi connectivity index (χ4v) is 2.98. The minimum absolute atomic E-state index is 0.0109. The molecule has 0 aliphatic rings. The minimum Gasteiger partial charge on any atom is -0.444 e. The van der Waals surface area contributed by atoms with Crippen molar-refractivity contribution in [3.63, 3.8) is 0 Å². The van der Waals surface area contributed by atoms with E-state index in [1.165, 1.54) is 6.92 Å². The number of Topliss-reactive ketones (excluding diaryl/α,β-unsaturated/α-hetero) is 2. The molecular formula is C22H34F6N2O6. The van der Waals surface area contributed by atoms with Crippen LogP contribution in [0.5, 0.6) is 0 Å². The third-order valence-corrected chi connectivity index (χ3v) is 4.68. The number of carbonyl (C=O) groups excluding carboxylic acids is 4. The summed E-state index contributed by atoms with van der Waals surface area (Å²) in [6.07, 6.45) is -17.0. The molecule has 0 aromatic rings. The zero-order chi connectivity index (χ0) is 28.5. The van der Waals surface area contributed by atoms with Crippen LogP contribution in [0.4, 0.5) is 31.1 Å². The average Bonchev–Trinajstić information content (AvgIpc) is 2.64. The number of ether oxygens (including phenoxy) is 2. The van der Waals surface area contributed by atoms with Crippen LogP contribution in [0.25, 0.3) is 0 Å². The first-order valence-electron chi connectivity index (χ1n) is 11.2. The van der Waals surface area contributed by atoms with Crippen LogP contribution < -0.4 is 10.6 Å². The second-order valence-corrected chi connectivity index (χ2v) is 9.63. The van der Waals surface area contributed by atoms with Crippen LogP contribution >= 0.6 is 0 Å². The van der Waals surface area contributed by atoms with Gasteiger partial charge in [0.25, 0.3) is 0 Å². The zero-order valence-corrected chi connectivity index (χ0v) is 21.1. The van der Waals surface area contributed by atoms with E-state index in [4.69, 9.17) is 4.74 Å². The lowest BCUT2D eigenvalue weighted by Gasteiger charge is -2.26. The van der Waals surface area contributed by atoms with Gasteiger partial charge >= 0.3 is 18.4 Å². The summed E-state index contributed by atoms with van der Waals surface area (Å²) >= 11 is 0. The first-order valence-corrected chi connectivity index (χ1v) is 11.2. The molecule has 14 heteroatoms. The Labute approximate surface area is 205 Å². The highest BCUT2D eigenvalue weighted by Crippen LogP contribution is 2.35. The Hall–Kier alpha value is -2.38. The molecule has 210 valence electrons. The van der Waals surface area contributed by atoms with Gasteiger partial charge < -0.3 is 24.9 Å². The van der Waals surface area contributed by atoms with Gasteiger partial charge in [0.05, 0.1) is 6.04 Å². The van der Waals surface area contributed by atoms with Crippen molar-refractivity contribution < 1.29 is 55.0 Å². The monoisotopic (exact) mass is 536 g/mol. The minimum atomic E-state index is -5.81. The van der Waals surface area contributed by atoms with Gasteiger partial charge in [0.2, 0.25) is 12.0 Å². The average molecular weight is 537 g/mol. The van der Waals surface area contributed by atoms with E-state index in [2.05, 4.69) is 15.4 Å². The summed E-state index contributed by atoms with van der Waals surface area (Å²) in [5.41, 5.74) is -0.788. The summed E-state index contributed by atoms with van der Waals surface area (Å²) in [6.45, 7) is 7.74. The highest BCUT2D eigenvalue weighted by atomic mass is 19.4. The summed E-state index contributed by atoms with van der Waals surface area (Å²) in [4.78, 5) is 48.4. The Bertz CT molecular complexity index is 748. The van der Waals surface area contributed by atoms with Crippen molar-refractivity contribution in [2.75, 3.05) is 13.2 Å². The van der Waals surface area contributed by atoms with Crippen molar-refractivity contribution in [3.8, 4) is 0 Å². The number of hydrogen-bond acceptors (Lipinski definition) is 6. The summed E-state index contributed by atoms with van der Waals surface area (Å²) < 4.78 is 85.3. The molecule has 36 heavy (non-hydrogen) atoms. The predicted octanol–water partition coefficient (Wildman–Crippen LogP) is 4.11.